The van der Waals surface area contributed by atoms with Crippen LogP contribution in [0.5, 0.6) is 5.75 Å². The summed E-state index contributed by atoms with van der Waals surface area (Å²) >= 11 is 3.46. The Morgan fingerprint density at radius 3 is 2.89 bits per heavy atom. The van der Waals surface area contributed by atoms with Gasteiger partial charge < -0.3 is 20.7 Å². The van der Waals surface area contributed by atoms with Gasteiger partial charge in [-0.3, -0.25) is 4.79 Å². The zero-order valence-electron chi connectivity index (χ0n) is 20.7. The molecule has 2 aromatic heterocycles. The number of nitriles is 1. The number of hydrogen-bond donors (Lipinski definition) is 3. The molecule has 1 saturated heterocycles. The number of ether oxygens (including phenoxy) is 1. The summed E-state index contributed by atoms with van der Waals surface area (Å²) in [4.78, 5) is 21.5. The number of alkyl halides is 2. The average molecular weight is 589 g/mol. The molecule has 0 radical (unpaired) electrons. The van der Waals surface area contributed by atoms with Crippen molar-refractivity contribution in [2.75, 3.05) is 32.1 Å². The Morgan fingerprint density at radius 1 is 1.39 bits per heavy atom. The van der Waals surface area contributed by atoms with Crippen molar-refractivity contribution in [3.63, 3.8) is 0 Å². The molecule has 1 aliphatic heterocycles. The molecule has 1 aliphatic carbocycles. The standard InChI is InChI=1S/C25H27BrF2N8O2/c1-30-23(37)25(8-20(27)28)3-2-16(7-25)33-24-32-12-19-21(26)35-36(22(19)34-24)17-4-14(9-29)5-18(6-17)38-13-15-10-31-11-15/h4-6,12,15-16,20,31H,2-3,7-8,10-11,13H2,1H3,(H,30,37)(H,32,33,34)/t16-,25-/m1/s1. The van der Waals surface area contributed by atoms with E-state index in [1.807, 2.05) is 0 Å². The number of fused-ring (bicyclic) bond motifs is 1. The lowest BCUT2D eigenvalue weighted by molar-refractivity contribution is -0.132. The molecule has 0 unspecified atom stereocenters. The van der Waals surface area contributed by atoms with Gasteiger partial charge in [0.05, 0.1) is 34.7 Å². The summed E-state index contributed by atoms with van der Waals surface area (Å²) in [6.07, 6.45) is -0.307. The molecule has 5 rings (SSSR count). The van der Waals surface area contributed by atoms with E-state index in [1.54, 1.807) is 29.1 Å². The van der Waals surface area contributed by atoms with Crippen molar-refractivity contribution in [2.45, 2.75) is 38.2 Å². The highest BCUT2D eigenvalue weighted by atomic mass is 79.9. The van der Waals surface area contributed by atoms with Gasteiger partial charge in [0.1, 0.15) is 10.4 Å². The first kappa shape index (κ1) is 26.2. The first-order valence-electron chi connectivity index (χ1n) is 12.4. The topological polar surface area (TPSA) is 130 Å². The molecule has 3 N–H and O–H groups in total. The van der Waals surface area contributed by atoms with Gasteiger partial charge in [-0.05, 0) is 47.3 Å². The highest BCUT2D eigenvalue weighted by Gasteiger charge is 2.46. The van der Waals surface area contributed by atoms with E-state index in [1.165, 1.54) is 7.05 Å². The Hall–Kier alpha value is -3.37. The van der Waals surface area contributed by atoms with Crippen LogP contribution in [0.15, 0.2) is 29.0 Å². The van der Waals surface area contributed by atoms with Gasteiger partial charge in [-0.2, -0.15) is 15.3 Å². The molecule has 1 saturated carbocycles. The van der Waals surface area contributed by atoms with Crippen molar-refractivity contribution in [2.24, 2.45) is 11.3 Å². The highest BCUT2D eigenvalue weighted by Crippen LogP contribution is 2.44. The van der Waals surface area contributed by atoms with Crippen molar-refractivity contribution in [1.29, 1.82) is 5.26 Å². The van der Waals surface area contributed by atoms with Gasteiger partial charge in [0.15, 0.2) is 5.65 Å². The number of hydrogen-bond acceptors (Lipinski definition) is 8. The second kappa shape index (κ2) is 10.8. The predicted molar refractivity (Wildman–Crippen MR) is 139 cm³/mol. The first-order valence-corrected chi connectivity index (χ1v) is 13.2. The van der Waals surface area contributed by atoms with Crippen LogP contribution in [0.3, 0.4) is 0 Å². The number of benzene rings is 1. The van der Waals surface area contributed by atoms with Crippen LogP contribution >= 0.6 is 15.9 Å². The summed E-state index contributed by atoms with van der Waals surface area (Å²) in [5.41, 5.74) is 0.385. The Labute approximate surface area is 226 Å². The normalized spacial score (nSPS) is 21.3. The smallest absolute Gasteiger partial charge is 0.239 e. The van der Waals surface area contributed by atoms with Crippen LogP contribution in [0.1, 0.15) is 31.2 Å². The minimum Gasteiger partial charge on any atom is -0.493 e. The number of anilines is 1. The number of halogens is 3. The molecule has 38 heavy (non-hydrogen) atoms. The summed E-state index contributed by atoms with van der Waals surface area (Å²) in [6.45, 7) is 2.36. The van der Waals surface area contributed by atoms with E-state index in [2.05, 4.69) is 53.0 Å². The lowest BCUT2D eigenvalue weighted by Crippen LogP contribution is -2.45. The number of amides is 1. The fourth-order valence-corrected chi connectivity index (χ4v) is 5.57. The van der Waals surface area contributed by atoms with Gasteiger partial charge in [-0.15, -0.1) is 0 Å². The molecule has 13 heteroatoms. The Kier molecular flexibility index (Phi) is 7.45. The number of rotatable bonds is 9. The molecule has 0 spiro atoms. The molecule has 2 fully saturated rings. The third-order valence-electron chi connectivity index (χ3n) is 7.19. The SMILES string of the molecule is CNC(=O)[C@]1(CC(F)F)CC[C@@H](Nc2ncc3c(Br)nn(-c4cc(C#N)cc(OCC5CNC5)c4)c3n2)C1. The van der Waals surface area contributed by atoms with Crippen LogP contribution < -0.4 is 20.7 Å². The molecule has 1 amide bonds. The number of nitrogens with one attached hydrogen (secondary N) is 3. The van der Waals surface area contributed by atoms with E-state index in [0.29, 0.717) is 64.0 Å². The molecule has 3 aromatic rings. The van der Waals surface area contributed by atoms with Crippen molar-refractivity contribution in [1.82, 2.24) is 30.4 Å². The maximum atomic E-state index is 13.3. The summed E-state index contributed by atoms with van der Waals surface area (Å²) in [5.74, 6) is 0.924. The number of carbonyl (C=O) groups is 1. The fourth-order valence-electron chi connectivity index (χ4n) is 5.13. The van der Waals surface area contributed by atoms with Gasteiger partial charge in [-0.1, -0.05) is 0 Å². The van der Waals surface area contributed by atoms with Crippen LogP contribution in [0.2, 0.25) is 0 Å². The zero-order chi connectivity index (χ0) is 26.9. The third kappa shape index (κ3) is 5.28. The van der Waals surface area contributed by atoms with Crippen LogP contribution in [-0.2, 0) is 4.79 Å². The Bertz CT molecular complexity index is 1390. The molecular formula is C25H27BrF2N8O2. The van der Waals surface area contributed by atoms with Gasteiger partial charge in [0, 0.05) is 50.8 Å². The second-order valence-corrected chi connectivity index (χ2v) is 10.6. The van der Waals surface area contributed by atoms with E-state index in [0.717, 1.165) is 13.1 Å². The molecule has 3 heterocycles. The molecule has 200 valence electrons. The fraction of sp³-hybridized carbons (Fsp3) is 0.480. The molecule has 0 bridgehead atoms. The highest BCUT2D eigenvalue weighted by molar-refractivity contribution is 9.10. The maximum absolute atomic E-state index is 13.3. The van der Waals surface area contributed by atoms with Crippen LogP contribution in [0, 0.1) is 22.7 Å². The summed E-state index contributed by atoms with van der Waals surface area (Å²) in [5, 5.41) is 23.8. The van der Waals surface area contributed by atoms with Crippen LogP contribution in [0.25, 0.3) is 16.7 Å². The molecule has 2 atom stereocenters. The first-order chi connectivity index (χ1) is 18.3. The number of nitrogens with zero attached hydrogens (tertiary/aromatic N) is 5. The minimum absolute atomic E-state index is 0.244. The maximum Gasteiger partial charge on any atom is 0.239 e. The Morgan fingerprint density at radius 2 is 2.21 bits per heavy atom. The molecule has 1 aromatic carbocycles. The summed E-state index contributed by atoms with van der Waals surface area (Å²) < 4.78 is 34.6. The second-order valence-electron chi connectivity index (χ2n) is 9.83. The number of aromatic nitrogens is 4. The molecule has 2 aliphatic rings. The van der Waals surface area contributed by atoms with Crippen LogP contribution in [-0.4, -0.2) is 64.9 Å². The monoisotopic (exact) mass is 588 g/mol. The van der Waals surface area contributed by atoms with E-state index in [4.69, 9.17) is 4.74 Å². The van der Waals surface area contributed by atoms with Crippen molar-refractivity contribution < 1.29 is 18.3 Å². The van der Waals surface area contributed by atoms with E-state index >= 15 is 0 Å². The minimum atomic E-state index is -2.58. The van der Waals surface area contributed by atoms with Gasteiger partial charge in [0.2, 0.25) is 18.3 Å². The van der Waals surface area contributed by atoms with Gasteiger partial charge >= 0.3 is 0 Å². The third-order valence-corrected chi connectivity index (χ3v) is 7.78. The predicted octanol–water partition coefficient (Wildman–Crippen LogP) is 3.40. The molecular weight excluding hydrogens is 562 g/mol. The van der Waals surface area contributed by atoms with E-state index < -0.39 is 18.3 Å². The molecule has 10 nitrogen and oxygen atoms in total. The van der Waals surface area contributed by atoms with Crippen molar-refractivity contribution in [3.05, 3.63) is 34.6 Å². The summed E-state index contributed by atoms with van der Waals surface area (Å²) in [7, 11) is 1.47. The zero-order valence-corrected chi connectivity index (χ0v) is 22.3. The van der Waals surface area contributed by atoms with Crippen molar-refractivity contribution >= 4 is 38.8 Å². The lowest BCUT2D eigenvalue weighted by atomic mass is 9.81. The van der Waals surface area contributed by atoms with Gasteiger partial charge in [0.25, 0.3) is 0 Å². The largest absolute Gasteiger partial charge is 0.493 e. The van der Waals surface area contributed by atoms with Crippen molar-refractivity contribution in [3.8, 4) is 17.5 Å². The van der Waals surface area contributed by atoms with Crippen LogP contribution in [0.4, 0.5) is 14.7 Å². The Balaban J connectivity index is 1.41. The van der Waals surface area contributed by atoms with E-state index in [-0.39, 0.29) is 18.4 Å². The van der Waals surface area contributed by atoms with Gasteiger partial charge in [-0.25, -0.2) is 18.4 Å². The quantitative estimate of drug-likeness (QED) is 0.347. The lowest BCUT2D eigenvalue weighted by Gasteiger charge is -2.27. The average Bonchev–Trinajstić information content (AvgIpc) is 3.42. The van der Waals surface area contributed by atoms with E-state index in [9.17, 15) is 18.8 Å². The number of carbonyl (C=O) groups excluding carboxylic acids is 1. The summed E-state index contributed by atoms with van der Waals surface area (Å²) in [6, 6.07) is 7.12.